The Hall–Kier alpha value is -4.00. The topological polar surface area (TPSA) is 65.8 Å². The minimum Gasteiger partial charge on any atom is -0.497 e. The summed E-state index contributed by atoms with van der Waals surface area (Å²) in [5, 5.41) is 0. The number of fused-ring (bicyclic) bond motifs is 1. The number of imidazole rings is 1. The minimum atomic E-state index is -0.0289. The number of ether oxygens (including phenoxy) is 3. The van der Waals surface area contributed by atoms with Gasteiger partial charge in [-0.3, -0.25) is 4.79 Å². The lowest BCUT2D eigenvalue weighted by Gasteiger charge is -2.20. The molecule has 7 heteroatoms. The maximum Gasteiger partial charge on any atom is 0.227 e. The van der Waals surface area contributed by atoms with Gasteiger partial charge in [0.2, 0.25) is 5.91 Å². The van der Waals surface area contributed by atoms with E-state index < -0.39 is 0 Å². The molecule has 1 aromatic heterocycles. The van der Waals surface area contributed by atoms with Gasteiger partial charge in [0.1, 0.15) is 23.1 Å². The van der Waals surface area contributed by atoms with Gasteiger partial charge < -0.3 is 23.7 Å². The van der Waals surface area contributed by atoms with Crippen LogP contribution < -0.4 is 19.1 Å². The number of nitrogens with zero attached hydrogens (tertiary/aromatic N) is 3. The van der Waals surface area contributed by atoms with Gasteiger partial charge in [-0.05, 0) is 49.7 Å². The van der Waals surface area contributed by atoms with Gasteiger partial charge >= 0.3 is 0 Å². The highest BCUT2D eigenvalue weighted by Crippen LogP contribution is 2.39. The molecular weight excluding hydrogens is 454 g/mol. The molecule has 0 bridgehead atoms. The SMILES string of the molecule is COc1ccc(OC)c(N2CC(c3nc4ccccc4n3CCCOc3ccc(C)cc3)CC2=O)c1. The van der Waals surface area contributed by atoms with Crippen LogP contribution in [0.2, 0.25) is 0 Å². The molecule has 1 aliphatic rings. The van der Waals surface area contributed by atoms with Crippen molar-refractivity contribution in [2.45, 2.75) is 32.2 Å². The van der Waals surface area contributed by atoms with E-state index in [1.807, 2.05) is 48.5 Å². The monoisotopic (exact) mass is 485 g/mol. The number of amides is 1. The van der Waals surface area contributed by atoms with Crippen molar-refractivity contribution in [3.8, 4) is 17.2 Å². The quantitative estimate of drug-likeness (QED) is 0.299. The molecule has 2 heterocycles. The number of aromatic nitrogens is 2. The Morgan fingerprint density at radius 1 is 0.972 bits per heavy atom. The Bertz CT molecular complexity index is 1360. The standard InChI is InChI=1S/C29H31N3O4/c1-20-9-11-22(12-10-20)36-16-6-15-31-25-8-5-4-7-24(25)30-29(31)21-17-28(33)32(19-21)26-18-23(34-2)13-14-27(26)35-3/h4-5,7-14,18,21H,6,15-17,19H2,1-3H3. The molecule has 7 nitrogen and oxygen atoms in total. The fraction of sp³-hybridized carbons (Fsp3) is 0.310. The first kappa shape index (κ1) is 23.7. The van der Waals surface area contributed by atoms with E-state index >= 15 is 0 Å². The van der Waals surface area contributed by atoms with E-state index in [-0.39, 0.29) is 11.8 Å². The summed E-state index contributed by atoms with van der Waals surface area (Å²) in [6.45, 7) is 3.96. The normalized spacial score (nSPS) is 15.5. The van der Waals surface area contributed by atoms with Crippen LogP contribution in [0, 0.1) is 6.92 Å². The van der Waals surface area contributed by atoms with Gasteiger partial charge in [0.25, 0.3) is 0 Å². The number of aryl methyl sites for hydroxylation is 2. The molecule has 1 aliphatic heterocycles. The Balaban J connectivity index is 1.37. The zero-order valence-electron chi connectivity index (χ0n) is 20.9. The van der Waals surface area contributed by atoms with Crippen molar-refractivity contribution < 1.29 is 19.0 Å². The zero-order valence-corrected chi connectivity index (χ0v) is 20.9. The molecular formula is C29H31N3O4. The highest BCUT2D eigenvalue weighted by Gasteiger charge is 2.36. The minimum absolute atomic E-state index is 0.0289. The summed E-state index contributed by atoms with van der Waals surface area (Å²) in [5.41, 5.74) is 3.95. The molecule has 5 rings (SSSR count). The number of para-hydroxylation sites is 2. The first-order valence-corrected chi connectivity index (χ1v) is 12.2. The third-order valence-corrected chi connectivity index (χ3v) is 6.67. The van der Waals surface area contributed by atoms with Crippen LogP contribution in [0.5, 0.6) is 17.2 Å². The third-order valence-electron chi connectivity index (χ3n) is 6.67. The summed E-state index contributed by atoms with van der Waals surface area (Å²) in [5.74, 6) is 3.16. The van der Waals surface area contributed by atoms with Crippen LogP contribution in [-0.2, 0) is 11.3 Å². The molecule has 3 aromatic carbocycles. The number of methoxy groups -OCH3 is 2. The van der Waals surface area contributed by atoms with Gasteiger partial charge in [0.05, 0.1) is 37.5 Å². The van der Waals surface area contributed by atoms with E-state index in [1.165, 1.54) is 5.56 Å². The van der Waals surface area contributed by atoms with Crippen molar-refractivity contribution in [1.82, 2.24) is 9.55 Å². The summed E-state index contributed by atoms with van der Waals surface area (Å²) in [7, 11) is 3.23. The molecule has 1 amide bonds. The van der Waals surface area contributed by atoms with E-state index in [9.17, 15) is 4.79 Å². The first-order valence-electron chi connectivity index (χ1n) is 12.2. The van der Waals surface area contributed by atoms with Crippen LogP contribution in [-0.4, -0.2) is 42.8 Å². The van der Waals surface area contributed by atoms with Crippen LogP contribution in [0.4, 0.5) is 5.69 Å². The number of benzene rings is 3. The Morgan fingerprint density at radius 2 is 1.75 bits per heavy atom. The number of anilines is 1. The first-order chi connectivity index (χ1) is 17.6. The second-order valence-corrected chi connectivity index (χ2v) is 9.07. The van der Waals surface area contributed by atoms with Gasteiger partial charge in [-0.15, -0.1) is 0 Å². The number of carbonyl (C=O) groups is 1. The zero-order chi connectivity index (χ0) is 25.1. The lowest BCUT2D eigenvalue weighted by atomic mass is 10.1. The fourth-order valence-electron chi connectivity index (χ4n) is 4.81. The van der Waals surface area contributed by atoms with Gasteiger partial charge in [-0.25, -0.2) is 4.98 Å². The van der Waals surface area contributed by atoms with E-state index in [4.69, 9.17) is 19.2 Å². The van der Waals surface area contributed by atoms with Crippen molar-refractivity contribution in [2.24, 2.45) is 0 Å². The highest BCUT2D eigenvalue weighted by molar-refractivity contribution is 5.98. The van der Waals surface area contributed by atoms with Crippen LogP contribution >= 0.6 is 0 Å². The van der Waals surface area contributed by atoms with Crippen molar-refractivity contribution in [1.29, 1.82) is 0 Å². The molecule has 4 aromatic rings. The maximum atomic E-state index is 13.2. The largest absolute Gasteiger partial charge is 0.497 e. The lowest BCUT2D eigenvalue weighted by Crippen LogP contribution is -2.25. The molecule has 0 spiro atoms. The van der Waals surface area contributed by atoms with Crippen LogP contribution in [0.3, 0.4) is 0 Å². The molecule has 0 saturated carbocycles. The smallest absolute Gasteiger partial charge is 0.227 e. The summed E-state index contributed by atoms with van der Waals surface area (Å²) < 4.78 is 19.1. The van der Waals surface area contributed by atoms with Gasteiger partial charge in [-0.2, -0.15) is 0 Å². The molecule has 36 heavy (non-hydrogen) atoms. The van der Waals surface area contributed by atoms with E-state index in [0.717, 1.165) is 41.3 Å². The third kappa shape index (κ3) is 4.73. The summed E-state index contributed by atoms with van der Waals surface area (Å²) >= 11 is 0. The summed E-state index contributed by atoms with van der Waals surface area (Å²) in [6.07, 6.45) is 1.22. The molecule has 1 saturated heterocycles. The number of rotatable bonds is 9. The van der Waals surface area contributed by atoms with E-state index in [2.05, 4.69) is 29.7 Å². The van der Waals surface area contributed by atoms with Crippen molar-refractivity contribution in [2.75, 3.05) is 32.3 Å². The highest BCUT2D eigenvalue weighted by atomic mass is 16.5. The molecule has 1 unspecified atom stereocenters. The number of hydrogen-bond acceptors (Lipinski definition) is 5. The Morgan fingerprint density at radius 3 is 2.53 bits per heavy atom. The molecule has 0 N–H and O–H groups in total. The second kappa shape index (κ2) is 10.3. The predicted octanol–water partition coefficient (Wildman–Crippen LogP) is 5.35. The van der Waals surface area contributed by atoms with Gasteiger partial charge in [0.15, 0.2) is 0 Å². The fourth-order valence-corrected chi connectivity index (χ4v) is 4.81. The van der Waals surface area contributed by atoms with Crippen LogP contribution in [0.15, 0.2) is 66.7 Å². The summed E-state index contributed by atoms with van der Waals surface area (Å²) in [4.78, 5) is 19.9. The van der Waals surface area contributed by atoms with Crippen molar-refractivity contribution in [3.63, 3.8) is 0 Å². The van der Waals surface area contributed by atoms with E-state index in [1.54, 1.807) is 19.1 Å². The average molecular weight is 486 g/mol. The molecule has 1 fully saturated rings. The van der Waals surface area contributed by atoms with Gasteiger partial charge in [-0.1, -0.05) is 29.8 Å². The van der Waals surface area contributed by atoms with Crippen molar-refractivity contribution >= 4 is 22.6 Å². The number of hydrogen-bond donors (Lipinski definition) is 0. The summed E-state index contributed by atoms with van der Waals surface area (Å²) in [6, 6.07) is 21.8. The van der Waals surface area contributed by atoms with Crippen LogP contribution in [0.25, 0.3) is 11.0 Å². The van der Waals surface area contributed by atoms with Crippen LogP contribution in [0.1, 0.15) is 30.1 Å². The Labute approximate surface area is 211 Å². The number of carbonyl (C=O) groups excluding carboxylic acids is 1. The Kier molecular flexibility index (Phi) is 6.80. The molecule has 0 radical (unpaired) electrons. The van der Waals surface area contributed by atoms with Gasteiger partial charge in [0, 0.05) is 31.5 Å². The maximum absolute atomic E-state index is 13.2. The van der Waals surface area contributed by atoms with Crippen molar-refractivity contribution in [3.05, 3.63) is 78.1 Å². The predicted molar refractivity (Wildman–Crippen MR) is 140 cm³/mol. The molecule has 1 atom stereocenters. The molecule has 0 aliphatic carbocycles. The lowest BCUT2D eigenvalue weighted by molar-refractivity contribution is -0.117. The second-order valence-electron chi connectivity index (χ2n) is 9.07. The molecule has 186 valence electrons. The van der Waals surface area contributed by atoms with E-state index in [0.29, 0.717) is 31.1 Å². The average Bonchev–Trinajstić information content (AvgIpc) is 3.47.